The van der Waals surface area contributed by atoms with Gasteiger partial charge in [-0.15, -0.1) is 0 Å². The first-order valence-electron chi connectivity index (χ1n) is 19.3. The van der Waals surface area contributed by atoms with Gasteiger partial charge < -0.3 is 44.0 Å². The average molecular weight is 845 g/mol. The van der Waals surface area contributed by atoms with Crippen molar-refractivity contribution >= 4 is 45.6 Å². The molecule has 1 aromatic rings. The number of amides is 3. The Morgan fingerprint density at radius 2 is 1.22 bits per heavy atom. The van der Waals surface area contributed by atoms with E-state index >= 15 is 0 Å². The van der Waals surface area contributed by atoms with Gasteiger partial charge in [0.15, 0.2) is 5.78 Å². The zero-order chi connectivity index (χ0) is 41.3. The first-order valence-corrected chi connectivity index (χ1v) is 20.0. The van der Waals surface area contributed by atoms with Gasteiger partial charge in [-0.2, -0.15) is 0 Å². The van der Waals surface area contributed by atoms with E-state index < -0.39 is 41.3 Å². The normalized spacial score (nSPS) is 12.7. The smallest absolute Gasteiger partial charge is 0.329 e. The van der Waals surface area contributed by atoms with Gasteiger partial charge in [0.25, 0.3) is 0 Å². The molecule has 314 valence electrons. The second-order valence-corrected chi connectivity index (χ2v) is 16.0. The van der Waals surface area contributed by atoms with E-state index in [1.807, 2.05) is 24.3 Å². The summed E-state index contributed by atoms with van der Waals surface area (Å²) >= 11 is 3.45. The van der Waals surface area contributed by atoms with Crippen LogP contribution >= 0.6 is 15.9 Å². The average Bonchev–Trinajstić information content (AvgIpc) is 3.08. The molecule has 15 heteroatoms. The minimum atomic E-state index is -1.14. The summed E-state index contributed by atoms with van der Waals surface area (Å²) in [5, 5.41) is 5.25. The molecule has 0 unspecified atom stereocenters. The number of carbonyl (C=O) groups excluding carboxylic acids is 5. The highest BCUT2D eigenvalue weighted by molar-refractivity contribution is 9.10. The van der Waals surface area contributed by atoms with Crippen LogP contribution in [0.2, 0.25) is 0 Å². The number of hydrogen-bond donors (Lipinski definition) is 2. The molecule has 0 aliphatic carbocycles. The van der Waals surface area contributed by atoms with E-state index in [1.165, 1.54) is 6.92 Å². The van der Waals surface area contributed by atoms with Crippen molar-refractivity contribution in [1.82, 2.24) is 15.5 Å². The molecule has 1 rings (SSSR count). The summed E-state index contributed by atoms with van der Waals surface area (Å²) in [7, 11) is 0. The Bertz CT molecular complexity index is 1280. The topological polar surface area (TPSA) is 168 Å². The van der Waals surface area contributed by atoms with Crippen molar-refractivity contribution in [3.05, 3.63) is 34.3 Å². The molecule has 2 N–H and O–H groups in total. The summed E-state index contributed by atoms with van der Waals surface area (Å²) in [6, 6.07) is 5.03. The fourth-order valence-corrected chi connectivity index (χ4v) is 5.25. The predicted molar refractivity (Wildman–Crippen MR) is 212 cm³/mol. The lowest BCUT2D eigenvalue weighted by Crippen LogP contribution is -2.52. The number of Topliss-reactive ketones (excluding diaryl/α,β-unsaturated/α-hetero) is 1. The molecule has 0 fully saturated rings. The highest BCUT2D eigenvalue weighted by atomic mass is 79.9. The number of esters is 2. The van der Waals surface area contributed by atoms with Gasteiger partial charge in [0, 0.05) is 30.6 Å². The molecule has 0 saturated carbocycles. The van der Waals surface area contributed by atoms with Crippen LogP contribution in [0.1, 0.15) is 106 Å². The molecule has 0 radical (unpaired) electrons. The van der Waals surface area contributed by atoms with Crippen molar-refractivity contribution in [2.75, 3.05) is 59.4 Å². The van der Waals surface area contributed by atoms with Crippen LogP contribution in [0, 0.1) is 0 Å². The molecule has 55 heavy (non-hydrogen) atoms. The van der Waals surface area contributed by atoms with Gasteiger partial charge in [-0.25, -0.2) is 9.59 Å². The van der Waals surface area contributed by atoms with Crippen molar-refractivity contribution in [3.8, 4) is 0 Å². The van der Waals surface area contributed by atoms with Gasteiger partial charge in [-0.3, -0.25) is 14.4 Å². The number of hydrogen-bond acceptors (Lipinski definition) is 11. The fourth-order valence-electron chi connectivity index (χ4n) is 4.99. The van der Waals surface area contributed by atoms with Gasteiger partial charge in [0.2, 0.25) is 5.91 Å². The molecule has 0 aliphatic rings. The molecule has 2 atom stereocenters. The molecule has 3 amide bonds. The molecular weight excluding hydrogens is 778 g/mol. The number of nitrogens with one attached hydrogen (secondary N) is 2. The number of ketones is 1. The first kappa shape index (κ1) is 49.9. The molecule has 0 aromatic heterocycles. The van der Waals surface area contributed by atoms with Crippen molar-refractivity contribution in [2.24, 2.45) is 0 Å². The van der Waals surface area contributed by atoms with E-state index in [2.05, 4.69) is 33.5 Å². The van der Waals surface area contributed by atoms with E-state index in [0.29, 0.717) is 72.0 Å². The Kier molecular flexibility index (Phi) is 24.9. The maximum absolute atomic E-state index is 13.3. The summed E-state index contributed by atoms with van der Waals surface area (Å²) < 4.78 is 33.7. The van der Waals surface area contributed by atoms with Crippen LogP contribution in [0.4, 0.5) is 4.79 Å². The van der Waals surface area contributed by atoms with Crippen LogP contribution < -0.4 is 10.6 Å². The SMILES string of the molecule is CCCOCCOCCOCCOCCC(=O)N(CCCC[C@H](NC(=O)N[C@@H](CCC(=O)OC(C)(C)C)C(=O)OC(C)(C)C)C(C)=O)Cc1ccc(Br)cc1. The third-order valence-electron chi connectivity index (χ3n) is 7.58. The number of unbranched alkanes of at least 4 members (excludes halogenated alkanes) is 1. The maximum atomic E-state index is 13.3. The molecule has 0 heterocycles. The number of ether oxygens (including phenoxy) is 6. The minimum absolute atomic E-state index is 0.0474. The lowest BCUT2D eigenvalue weighted by atomic mass is 10.1. The van der Waals surface area contributed by atoms with E-state index in [-0.39, 0.29) is 37.6 Å². The van der Waals surface area contributed by atoms with Crippen LogP contribution in [0.3, 0.4) is 0 Å². The molecular formula is C40H66BrN3O11. The van der Waals surface area contributed by atoms with E-state index in [9.17, 15) is 24.0 Å². The van der Waals surface area contributed by atoms with Crippen LogP contribution in [-0.2, 0) is 54.1 Å². The fraction of sp³-hybridized carbons (Fsp3) is 0.725. The zero-order valence-corrected chi connectivity index (χ0v) is 35.9. The molecule has 0 saturated heterocycles. The minimum Gasteiger partial charge on any atom is -0.460 e. The van der Waals surface area contributed by atoms with E-state index in [0.717, 1.165) is 23.1 Å². The zero-order valence-electron chi connectivity index (χ0n) is 34.3. The quantitative estimate of drug-likeness (QED) is 0.0761. The van der Waals surface area contributed by atoms with Crippen molar-refractivity contribution in [1.29, 1.82) is 0 Å². The van der Waals surface area contributed by atoms with Crippen LogP contribution in [-0.4, -0.2) is 117 Å². The molecule has 0 aliphatic heterocycles. The predicted octanol–water partition coefficient (Wildman–Crippen LogP) is 5.90. The third-order valence-corrected chi connectivity index (χ3v) is 8.11. The Morgan fingerprint density at radius 3 is 1.75 bits per heavy atom. The number of benzene rings is 1. The monoisotopic (exact) mass is 843 g/mol. The summed E-state index contributed by atoms with van der Waals surface area (Å²) in [4.78, 5) is 65.9. The summed E-state index contributed by atoms with van der Waals surface area (Å²) in [6.45, 7) is 18.3. The largest absolute Gasteiger partial charge is 0.460 e. The van der Waals surface area contributed by atoms with E-state index in [4.69, 9.17) is 28.4 Å². The maximum Gasteiger partial charge on any atom is 0.329 e. The first-order chi connectivity index (χ1) is 25.9. The second kappa shape index (κ2) is 27.5. The Labute approximate surface area is 336 Å². The highest BCUT2D eigenvalue weighted by Gasteiger charge is 2.29. The Morgan fingerprint density at radius 1 is 0.691 bits per heavy atom. The molecule has 1 aromatic carbocycles. The summed E-state index contributed by atoms with van der Waals surface area (Å²) in [5.41, 5.74) is -0.558. The molecule has 14 nitrogen and oxygen atoms in total. The van der Waals surface area contributed by atoms with Gasteiger partial charge in [0.05, 0.1) is 58.7 Å². The van der Waals surface area contributed by atoms with Crippen LogP contribution in [0.5, 0.6) is 0 Å². The number of urea groups is 1. The van der Waals surface area contributed by atoms with Crippen molar-refractivity contribution in [2.45, 2.75) is 130 Å². The lowest BCUT2D eigenvalue weighted by Gasteiger charge is -2.26. The molecule has 0 spiro atoms. The standard InChI is InChI=1S/C40H66BrN3O11/c1-9-21-50-23-25-52-27-28-53-26-24-51-22-19-35(46)44(29-31-13-15-32(41)16-14-31)20-11-10-12-33(30(2)45)42-38(49)43-34(37(48)55-40(6,7)8)17-18-36(47)54-39(3,4)5/h13-16,33-34H,9-12,17-29H2,1-8H3,(H2,42,43,49)/t33-,34-/m0/s1. The number of nitrogens with zero attached hydrogens (tertiary/aromatic N) is 1. The third kappa shape index (κ3) is 26.4. The number of halogens is 1. The summed E-state index contributed by atoms with van der Waals surface area (Å²) in [6.07, 6.45) is 2.43. The van der Waals surface area contributed by atoms with Gasteiger partial charge in [0.1, 0.15) is 17.2 Å². The van der Waals surface area contributed by atoms with Crippen LogP contribution in [0.25, 0.3) is 0 Å². The number of rotatable bonds is 28. The second-order valence-electron chi connectivity index (χ2n) is 15.1. The van der Waals surface area contributed by atoms with E-state index in [1.54, 1.807) is 46.4 Å². The van der Waals surface area contributed by atoms with Gasteiger partial charge in [-0.05, 0) is 98.3 Å². The number of carbonyl (C=O) groups is 5. The molecule has 0 bridgehead atoms. The van der Waals surface area contributed by atoms with Crippen molar-refractivity contribution in [3.63, 3.8) is 0 Å². The Balaban J connectivity index is 2.67. The highest BCUT2D eigenvalue weighted by Crippen LogP contribution is 2.16. The van der Waals surface area contributed by atoms with Gasteiger partial charge >= 0.3 is 18.0 Å². The van der Waals surface area contributed by atoms with Crippen LogP contribution in [0.15, 0.2) is 28.7 Å². The van der Waals surface area contributed by atoms with Gasteiger partial charge in [-0.1, -0.05) is 35.0 Å². The van der Waals surface area contributed by atoms with Crippen molar-refractivity contribution < 1.29 is 52.4 Å². The lowest BCUT2D eigenvalue weighted by molar-refractivity contribution is -0.158. The summed E-state index contributed by atoms with van der Waals surface area (Å²) in [5.74, 6) is -1.55. The Hall–Kier alpha value is -3.11.